The zero-order valence-electron chi connectivity index (χ0n) is 26.2. The molecule has 4 rings (SSSR count). The number of thiophene rings is 1. The zero-order chi connectivity index (χ0) is 32.4. The molecule has 0 saturated heterocycles. The van der Waals surface area contributed by atoms with Crippen LogP contribution in [-0.4, -0.2) is 50.2 Å². The number of amides is 2. The highest BCUT2D eigenvalue weighted by Crippen LogP contribution is 2.46. The van der Waals surface area contributed by atoms with Gasteiger partial charge in [-0.05, 0) is 82.1 Å². The lowest BCUT2D eigenvalue weighted by Gasteiger charge is -2.35. The fourth-order valence-electron chi connectivity index (χ4n) is 5.97. The number of carbonyl (C=O) groups excluding carboxylic acids is 2. The Morgan fingerprint density at radius 1 is 1.18 bits per heavy atom. The quantitative estimate of drug-likeness (QED) is 0.312. The Bertz CT molecular complexity index is 1450. The van der Waals surface area contributed by atoms with Gasteiger partial charge in [0.2, 0.25) is 0 Å². The Balaban J connectivity index is 1.36. The molecule has 244 valence electrons. The molecule has 1 aliphatic heterocycles. The summed E-state index contributed by atoms with van der Waals surface area (Å²) in [6.07, 6.45) is -1.98. The van der Waals surface area contributed by atoms with E-state index in [1.54, 1.807) is 39.8 Å². The van der Waals surface area contributed by atoms with Gasteiger partial charge in [0.25, 0.3) is 5.91 Å². The number of fused-ring (bicyclic) bond motifs is 1. The number of hydrogen-bond donors (Lipinski definition) is 1. The maximum absolute atomic E-state index is 13.3. The highest BCUT2D eigenvalue weighted by Gasteiger charge is 2.43. The number of carbonyl (C=O) groups is 2. The summed E-state index contributed by atoms with van der Waals surface area (Å²) in [5.74, 6) is -0.734. The molecule has 8 nitrogen and oxygen atoms in total. The van der Waals surface area contributed by atoms with E-state index < -0.39 is 33.5 Å². The molecule has 3 heterocycles. The van der Waals surface area contributed by atoms with Gasteiger partial charge in [-0.2, -0.15) is 13.2 Å². The van der Waals surface area contributed by atoms with Crippen molar-refractivity contribution >= 4 is 33.1 Å². The number of aromatic nitrogens is 1. The van der Waals surface area contributed by atoms with Gasteiger partial charge >= 0.3 is 12.3 Å². The number of pyridine rings is 1. The van der Waals surface area contributed by atoms with Crippen LogP contribution in [0.2, 0.25) is 0 Å². The van der Waals surface area contributed by atoms with Crippen LogP contribution in [0.4, 0.5) is 18.0 Å². The Morgan fingerprint density at radius 2 is 1.86 bits per heavy atom. The molecule has 1 saturated carbocycles. The van der Waals surface area contributed by atoms with Crippen LogP contribution in [0.5, 0.6) is 0 Å². The molecule has 13 heteroatoms. The van der Waals surface area contributed by atoms with Crippen molar-refractivity contribution in [3.8, 4) is 0 Å². The SMILES string of the molecule is CCS(=O)(=NC(=O)OC(C)(C)C)c1ccc(CNC(=O)c2cc3c(s2)[C@H](C(C)C)N(CC2CCC(C(F)(F)F)CC2)C3)nc1. The van der Waals surface area contributed by atoms with Gasteiger partial charge in [-0.25, -0.2) is 9.00 Å². The lowest BCUT2D eigenvalue weighted by Crippen LogP contribution is -2.35. The van der Waals surface area contributed by atoms with Crippen LogP contribution in [0.25, 0.3) is 0 Å². The average Bonchev–Trinajstić information content (AvgIpc) is 3.48. The summed E-state index contributed by atoms with van der Waals surface area (Å²) >= 11 is 1.47. The maximum atomic E-state index is 13.3. The number of hydrogen-bond acceptors (Lipinski definition) is 7. The van der Waals surface area contributed by atoms with Gasteiger partial charge in [0.15, 0.2) is 0 Å². The van der Waals surface area contributed by atoms with Crippen molar-refractivity contribution in [2.24, 2.45) is 22.1 Å². The first-order chi connectivity index (χ1) is 20.5. The van der Waals surface area contributed by atoms with E-state index in [1.807, 2.05) is 6.07 Å². The third-order valence-corrected chi connectivity index (χ3v) is 11.6. The largest absolute Gasteiger partial charge is 0.442 e. The minimum Gasteiger partial charge on any atom is -0.442 e. The number of nitrogens with one attached hydrogen (secondary N) is 1. The fraction of sp³-hybridized carbons (Fsp3) is 0.645. The summed E-state index contributed by atoms with van der Waals surface area (Å²) < 4.78 is 61.7. The van der Waals surface area contributed by atoms with Gasteiger partial charge in [-0.1, -0.05) is 20.8 Å². The van der Waals surface area contributed by atoms with E-state index in [0.29, 0.717) is 40.8 Å². The molecule has 44 heavy (non-hydrogen) atoms. The van der Waals surface area contributed by atoms with Crippen molar-refractivity contribution in [2.45, 2.75) is 103 Å². The Morgan fingerprint density at radius 3 is 2.41 bits per heavy atom. The van der Waals surface area contributed by atoms with Crippen molar-refractivity contribution in [2.75, 3.05) is 12.3 Å². The normalized spacial score (nSPS) is 22.4. The molecule has 2 amide bonds. The lowest BCUT2D eigenvalue weighted by atomic mass is 9.81. The summed E-state index contributed by atoms with van der Waals surface area (Å²) in [4.78, 5) is 34.0. The van der Waals surface area contributed by atoms with E-state index in [0.717, 1.165) is 17.0 Å². The van der Waals surface area contributed by atoms with E-state index in [-0.39, 0.29) is 43.0 Å². The monoisotopic (exact) mass is 656 g/mol. The molecular weight excluding hydrogens is 613 g/mol. The van der Waals surface area contributed by atoms with Gasteiger partial charge in [0, 0.05) is 36.0 Å². The Kier molecular flexibility index (Phi) is 10.5. The van der Waals surface area contributed by atoms with Gasteiger partial charge in [0.05, 0.1) is 37.7 Å². The van der Waals surface area contributed by atoms with Crippen LogP contribution in [0.1, 0.15) is 99.1 Å². The van der Waals surface area contributed by atoms with E-state index >= 15 is 0 Å². The van der Waals surface area contributed by atoms with Gasteiger partial charge in [-0.15, -0.1) is 15.7 Å². The molecule has 0 bridgehead atoms. The standard InChI is InChI=1S/C31H43F3N4O4S2/c1-7-44(41,37-29(40)42-30(4,5)6)24-13-12-23(35-16-24)15-36-28(39)25-14-21-18-38(26(19(2)3)27(21)43-25)17-20-8-10-22(11-9-20)31(32,33)34/h12-14,16,19-20,22,26H,7-11,15,17-18H2,1-6H3,(H,36,39)/t20?,22?,26-,44?/m0/s1. The predicted molar refractivity (Wildman–Crippen MR) is 165 cm³/mol. The summed E-state index contributed by atoms with van der Waals surface area (Å²) in [5.41, 5.74) is 0.912. The average molecular weight is 657 g/mol. The number of ether oxygens (including phenoxy) is 1. The van der Waals surface area contributed by atoms with Crippen molar-refractivity contribution in [1.82, 2.24) is 15.2 Å². The van der Waals surface area contributed by atoms with Crippen LogP contribution in [-0.2, 0) is 27.6 Å². The second-order valence-corrected chi connectivity index (χ2v) is 16.6. The molecule has 2 aromatic rings. The third-order valence-electron chi connectivity index (χ3n) is 8.14. The smallest absolute Gasteiger partial charge is 0.442 e. The molecule has 1 N–H and O–H groups in total. The van der Waals surface area contributed by atoms with Crippen LogP contribution in [0.3, 0.4) is 0 Å². The second-order valence-electron chi connectivity index (χ2n) is 13.0. The first-order valence-electron chi connectivity index (χ1n) is 15.1. The highest BCUT2D eigenvalue weighted by molar-refractivity contribution is 7.93. The molecule has 2 aliphatic rings. The molecular formula is C31H43F3N4O4S2. The third kappa shape index (κ3) is 8.39. The molecule has 1 aliphatic carbocycles. The minimum atomic E-state index is -4.10. The molecule has 1 fully saturated rings. The predicted octanol–water partition coefficient (Wildman–Crippen LogP) is 7.74. The minimum absolute atomic E-state index is 0.112. The Hall–Kier alpha value is -2.51. The fourth-order valence-corrected chi connectivity index (χ4v) is 8.71. The maximum Gasteiger partial charge on any atom is 0.442 e. The summed E-state index contributed by atoms with van der Waals surface area (Å²) in [6, 6.07) is 5.31. The summed E-state index contributed by atoms with van der Waals surface area (Å²) in [6.45, 7) is 12.7. The number of halogens is 3. The molecule has 0 spiro atoms. The number of nitrogens with zero attached hydrogens (tertiary/aromatic N) is 3. The van der Waals surface area contributed by atoms with Crippen molar-refractivity contribution in [3.05, 3.63) is 45.4 Å². The summed E-state index contributed by atoms with van der Waals surface area (Å²) in [5, 5.41) is 2.91. The van der Waals surface area contributed by atoms with Crippen molar-refractivity contribution < 1.29 is 31.7 Å². The van der Waals surface area contributed by atoms with Gasteiger partial charge in [-0.3, -0.25) is 14.7 Å². The second kappa shape index (κ2) is 13.5. The lowest BCUT2D eigenvalue weighted by molar-refractivity contribution is -0.184. The first-order valence-corrected chi connectivity index (χ1v) is 17.6. The van der Waals surface area contributed by atoms with Gasteiger partial charge < -0.3 is 10.1 Å². The molecule has 2 atom stereocenters. The first kappa shape index (κ1) is 34.4. The number of rotatable bonds is 8. The van der Waals surface area contributed by atoms with E-state index in [1.165, 1.54) is 17.5 Å². The highest BCUT2D eigenvalue weighted by atomic mass is 32.2. The van der Waals surface area contributed by atoms with Gasteiger partial charge in [0.1, 0.15) is 5.60 Å². The van der Waals surface area contributed by atoms with Crippen molar-refractivity contribution in [3.63, 3.8) is 0 Å². The number of alkyl halides is 3. The molecule has 0 aromatic carbocycles. The summed E-state index contributed by atoms with van der Waals surface area (Å²) in [7, 11) is -3.05. The van der Waals surface area contributed by atoms with Crippen LogP contribution >= 0.6 is 11.3 Å². The van der Waals surface area contributed by atoms with E-state index in [9.17, 15) is 27.0 Å². The molecule has 2 aromatic heterocycles. The van der Waals surface area contributed by atoms with E-state index in [2.05, 4.69) is 33.4 Å². The zero-order valence-corrected chi connectivity index (χ0v) is 27.8. The topological polar surface area (TPSA) is 101 Å². The Labute approximate surface area is 262 Å². The van der Waals surface area contributed by atoms with E-state index in [4.69, 9.17) is 4.74 Å². The molecule has 1 unspecified atom stereocenters. The van der Waals surface area contributed by atoms with Crippen LogP contribution in [0.15, 0.2) is 33.7 Å². The molecule has 0 radical (unpaired) electrons. The van der Waals surface area contributed by atoms with Crippen LogP contribution < -0.4 is 5.32 Å². The van der Waals surface area contributed by atoms with Crippen LogP contribution in [0, 0.1) is 17.8 Å². The van der Waals surface area contributed by atoms with Crippen molar-refractivity contribution in [1.29, 1.82) is 0 Å².